The number of fused-ring (bicyclic) bond motifs is 7. The van der Waals surface area contributed by atoms with Crippen LogP contribution >= 0.6 is 11.8 Å². The largest absolute Gasteiger partial charge is 0.469 e. The Bertz CT molecular complexity index is 1270. The first-order chi connectivity index (χ1) is 14.7. The fraction of sp³-hybridized carbons (Fsp3) is 0.200. The molecule has 1 aromatic heterocycles. The minimum atomic E-state index is -0.594. The summed E-state index contributed by atoms with van der Waals surface area (Å²) in [5.74, 6) is 0.437. The van der Waals surface area contributed by atoms with Crippen LogP contribution in [0.3, 0.4) is 0 Å². The maximum atomic E-state index is 13.1. The summed E-state index contributed by atoms with van der Waals surface area (Å²) in [6, 6.07) is 29.0. The Morgan fingerprint density at radius 2 is 1.60 bits per heavy atom. The van der Waals surface area contributed by atoms with Crippen molar-refractivity contribution >= 4 is 28.8 Å². The van der Waals surface area contributed by atoms with Crippen LogP contribution in [0, 0.1) is 5.92 Å². The molecule has 6 rings (SSSR count). The Balaban J connectivity index is 1.74. The zero-order valence-electron chi connectivity index (χ0n) is 16.5. The predicted molar refractivity (Wildman–Crippen MR) is 118 cm³/mol. The van der Waals surface area contributed by atoms with Crippen molar-refractivity contribution in [3.8, 4) is 0 Å². The molecule has 2 bridgehead atoms. The molecule has 0 spiro atoms. The second kappa shape index (κ2) is 6.22. The molecule has 0 aliphatic carbocycles. The van der Waals surface area contributed by atoms with Crippen molar-refractivity contribution < 1.29 is 9.53 Å². The van der Waals surface area contributed by atoms with Gasteiger partial charge in [0.15, 0.2) is 0 Å². The number of ether oxygens (including phenoxy) is 1. The fourth-order valence-corrected chi connectivity index (χ4v) is 7.37. The molecule has 0 amide bonds. The SMILES string of the molecule is COC(=O)[C@H]1C[C@@]2(c3ccccc3)S[C@]1(c1ccccc1)c1nc3ccccc3n12. The lowest BCUT2D eigenvalue weighted by atomic mass is 9.77. The summed E-state index contributed by atoms with van der Waals surface area (Å²) in [5.41, 5.74) is 4.34. The second-order valence-electron chi connectivity index (χ2n) is 7.89. The topological polar surface area (TPSA) is 44.1 Å². The molecule has 4 nitrogen and oxygen atoms in total. The molecule has 148 valence electrons. The van der Waals surface area contributed by atoms with Crippen molar-refractivity contribution in [3.63, 3.8) is 0 Å². The van der Waals surface area contributed by atoms with Gasteiger partial charge in [-0.05, 0) is 23.3 Å². The van der Waals surface area contributed by atoms with Crippen LogP contribution in [-0.4, -0.2) is 22.6 Å². The van der Waals surface area contributed by atoms with Gasteiger partial charge in [-0.2, -0.15) is 0 Å². The number of hydrogen-bond acceptors (Lipinski definition) is 4. The Kier molecular flexibility index (Phi) is 3.69. The van der Waals surface area contributed by atoms with E-state index in [0.29, 0.717) is 6.42 Å². The van der Waals surface area contributed by atoms with Crippen LogP contribution in [0.4, 0.5) is 0 Å². The van der Waals surface area contributed by atoms with Crippen LogP contribution in [0.15, 0.2) is 84.9 Å². The van der Waals surface area contributed by atoms with E-state index in [2.05, 4.69) is 59.2 Å². The van der Waals surface area contributed by atoms with Crippen LogP contribution in [0.25, 0.3) is 11.0 Å². The maximum absolute atomic E-state index is 13.1. The lowest BCUT2D eigenvalue weighted by Crippen LogP contribution is -2.41. The van der Waals surface area contributed by atoms with Gasteiger partial charge in [-0.25, -0.2) is 4.98 Å². The van der Waals surface area contributed by atoms with Gasteiger partial charge >= 0.3 is 5.97 Å². The van der Waals surface area contributed by atoms with Gasteiger partial charge in [0.25, 0.3) is 0 Å². The highest BCUT2D eigenvalue weighted by atomic mass is 32.2. The summed E-state index contributed by atoms with van der Waals surface area (Å²) in [4.78, 5) is 17.8. The standard InChI is InChI=1S/C25H20N2O2S/c1-29-22(28)19-16-24(17-10-4-2-5-11-17)27-21-15-9-8-14-20(21)26-23(27)25(19,30-24)18-12-6-3-7-13-18/h2-15,19H,16H2,1H3/t19-,24+,25+/m1/s1. The molecule has 1 fully saturated rings. The van der Waals surface area contributed by atoms with E-state index in [9.17, 15) is 4.79 Å². The monoisotopic (exact) mass is 412 g/mol. The third kappa shape index (κ3) is 2.08. The molecule has 0 saturated carbocycles. The molecule has 1 saturated heterocycles. The quantitative estimate of drug-likeness (QED) is 0.448. The predicted octanol–water partition coefficient (Wildman–Crippen LogP) is 4.92. The Morgan fingerprint density at radius 3 is 2.30 bits per heavy atom. The molecule has 0 unspecified atom stereocenters. The van der Waals surface area contributed by atoms with Gasteiger partial charge < -0.3 is 9.30 Å². The van der Waals surface area contributed by atoms with Crippen molar-refractivity contribution in [2.45, 2.75) is 16.0 Å². The van der Waals surface area contributed by atoms with Crippen LogP contribution in [0.2, 0.25) is 0 Å². The zero-order chi connectivity index (χ0) is 20.3. The van der Waals surface area contributed by atoms with Crippen molar-refractivity contribution in [2.24, 2.45) is 5.92 Å². The van der Waals surface area contributed by atoms with Crippen LogP contribution in [-0.2, 0) is 19.1 Å². The molecule has 3 atom stereocenters. The highest BCUT2D eigenvalue weighted by molar-refractivity contribution is 8.02. The maximum Gasteiger partial charge on any atom is 0.311 e. The van der Waals surface area contributed by atoms with E-state index in [1.807, 2.05) is 42.1 Å². The highest BCUT2D eigenvalue weighted by Gasteiger charge is 2.69. The Labute approximate surface area is 178 Å². The van der Waals surface area contributed by atoms with E-state index in [1.54, 1.807) is 0 Å². The van der Waals surface area contributed by atoms with E-state index in [-0.39, 0.29) is 11.9 Å². The third-order valence-corrected chi connectivity index (χ3v) is 8.42. The first kappa shape index (κ1) is 17.8. The first-order valence-corrected chi connectivity index (χ1v) is 10.9. The summed E-state index contributed by atoms with van der Waals surface area (Å²) < 4.78 is 7.09. The second-order valence-corrected chi connectivity index (χ2v) is 9.42. The number of carbonyl (C=O) groups excluding carboxylic acids is 1. The molecule has 30 heavy (non-hydrogen) atoms. The van der Waals surface area contributed by atoms with Crippen LogP contribution in [0.5, 0.6) is 0 Å². The zero-order valence-corrected chi connectivity index (χ0v) is 17.3. The number of benzene rings is 3. The van der Waals surface area contributed by atoms with Gasteiger partial charge in [-0.3, -0.25) is 4.79 Å². The van der Waals surface area contributed by atoms with Crippen molar-refractivity contribution in [1.82, 2.24) is 9.55 Å². The lowest BCUT2D eigenvalue weighted by Gasteiger charge is -2.34. The summed E-state index contributed by atoms with van der Waals surface area (Å²) in [5, 5.41) is 0. The lowest BCUT2D eigenvalue weighted by molar-refractivity contribution is -0.147. The van der Waals surface area contributed by atoms with Crippen LogP contribution in [0.1, 0.15) is 23.4 Å². The van der Waals surface area contributed by atoms with Gasteiger partial charge in [0.2, 0.25) is 0 Å². The normalized spacial score (nSPS) is 26.6. The third-order valence-electron chi connectivity index (χ3n) is 6.47. The Morgan fingerprint density at radius 1 is 0.967 bits per heavy atom. The number of esters is 1. The number of carbonyl (C=O) groups is 1. The van der Waals surface area contributed by atoms with E-state index >= 15 is 0 Å². The van der Waals surface area contributed by atoms with Gasteiger partial charge in [0, 0.05) is 6.42 Å². The molecule has 4 aromatic rings. The summed E-state index contributed by atoms with van der Waals surface area (Å²) in [7, 11) is 1.48. The van der Waals surface area contributed by atoms with Gasteiger partial charge in [0.1, 0.15) is 15.4 Å². The van der Waals surface area contributed by atoms with E-state index in [0.717, 1.165) is 22.4 Å². The number of nitrogens with zero attached hydrogens (tertiary/aromatic N) is 2. The molecule has 3 aromatic carbocycles. The number of para-hydroxylation sites is 2. The summed E-state index contributed by atoms with van der Waals surface area (Å²) in [6.07, 6.45) is 0.663. The minimum absolute atomic E-state index is 0.178. The number of methoxy groups -OCH3 is 1. The summed E-state index contributed by atoms with van der Waals surface area (Å²) >= 11 is 1.83. The molecule has 0 N–H and O–H groups in total. The van der Waals surface area contributed by atoms with E-state index < -0.39 is 9.62 Å². The minimum Gasteiger partial charge on any atom is -0.469 e. The van der Waals surface area contributed by atoms with Crippen LogP contribution < -0.4 is 0 Å². The van der Waals surface area contributed by atoms with Crippen molar-refractivity contribution in [2.75, 3.05) is 7.11 Å². The number of aromatic nitrogens is 2. The first-order valence-electron chi connectivity index (χ1n) is 10.1. The van der Waals surface area contributed by atoms with Gasteiger partial charge in [-0.15, -0.1) is 11.8 Å². The number of rotatable bonds is 3. The average Bonchev–Trinajstić information content (AvgIpc) is 3.46. The molecule has 2 aliphatic rings. The fourth-order valence-electron chi connectivity index (χ4n) is 5.25. The average molecular weight is 413 g/mol. The van der Waals surface area contributed by atoms with E-state index in [1.165, 1.54) is 12.7 Å². The molecule has 3 heterocycles. The Hall–Kier alpha value is -3.05. The number of hydrogen-bond donors (Lipinski definition) is 0. The molecular formula is C25H20N2O2S. The smallest absolute Gasteiger partial charge is 0.311 e. The van der Waals surface area contributed by atoms with Gasteiger partial charge in [-0.1, -0.05) is 72.8 Å². The van der Waals surface area contributed by atoms with E-state index in [4.69, 9.17) is 9.72 Å². The number of thioether (sulfide) groups is 1. The molecule has 2 aliphatic heterocycles. The molecular weight excluding hydrogens is 392 g/mol. The highest BCUT2D eigenvalue weighted by Crippen LogP contribution is 2.72. The van der Waals surface area contributed by atoms with Crippen molar-refractivity contribution in [3.05, 3.63) is 102 Å². The molecule has 5 heteroatoms. The molecule has 0 radical (unpaired) electrons. The van der Waals surface area contributed by atoms with Crippen molar-refractivity contribution in [1.29, 1.82) is 0 Å². The van der Waals surface area contributed by atoms with Gasteiger partial charge in [0.05, 0.1) is 24.1 Å². The summed E-state index contributed by atoms with van der Waals surface area (Å²) in [6.45, 7) is 0. The number of imidazole rings is 1.